The van der Waals surface area contributed by atoms with Crippen molar-refractivity contribution in [1.29, 1.82) is 0 Å². The fraction of sp³-hybridized carbons (Fsp3) is 0.667. The van der Waals surface area contributed by atoms with Crippen LogP contribution in [0.2, 0.25) is 0 Å². The van der Waals surface area contributed by atoms with Gasteiger partial charge in [0.1, 0.15) is 11.5 Å². The first-order valence-electron chi connectivity index (χ1n) is 20.1. The number of likely N-dealkylation sites (tertiary alicyclic amines) is 2. The molecule has 2 saturated carbocycles. The van der Waals surface area contributed by atoms with Crippen LogP contribution in [0.1, 0.15) is 73.6 Å². The van der Waals surface area contributed by atoms with E-state index in [0.29, 0.717) is 35.4 Å². The Labute approximate surface area is 316 Å². The summed E-state index contributed by atoms with van der Waals surface area (Å²) in [5.41, 5.74) is 6.00. The molecule has 8 aliphatic rings. The molecule has 2 aromatic rings. The molecular formula is C42H56N2O10. The molecule has 4 aliphatic carbocycles. The molecule has 4 heterocycles. The lowest BCUT2D eigenvalue weighted by Crippen LogP contribution is -2.63. The number of hydrogen-bond acceptors (Lipinski definition) is 10. The summed E-state index contributed by atoms with van der Waals surface area (Å²) in [6, 6.07) is 13.5. The third-order valence-corrected chi connectivity index (χ3v) is 14.1. The summed E-state index contributed by atoms with van der Waals surface area (Å²) in [6.07, 6.45) is 8.29. The fourth-order valence-electron chi connectivity index (χ4n) is 11.1. The number of carboxylic acid groups (broad SMARTS) is 2. The smallest absolute Gasteiger partial charge is 0.335 e. The molecule has 0 radical (unpaired) electrons. The number of benzene rings is 2. The molecule has 2 aromatic carbocycles. The molecular weight excluding hydrogens is 692 g/mol. The standard InChI is InChI=1S/2C19H25NO2.C4H6O6/c2*21-15-4-3-14-9-18-16-5-8-22-12-19(16,17(14)10-15)6-7-20(18)11-13-1-2-13;5-1(3(7)8)2(6)4(9)10/h2*3-4,10,13,16,18,21H,1-2,5-9,11-12H2;1-2,5-6H,(H,7,8)(H,9,10)/t2*16-,18+,19-;1-,2-/m001/s1. The van der Waals surface area contributed by atoms with E-state index in [4.69, 9.17) is 29.9 Å². The molecule has 6 fully saturated rings. The summed E-state index contributed by atoms with van der Waals surface area (Å²) in [5, 5.41) is 52.5. The summed E-state index contributed by atoms with van der Waals surface area (Å²) in [4.78, 5) is 25.1. The second kappa shape index (κ2) is 15.0. The van der Waals surface area contributed by atoms with Crippen molar-refractivity contribution in [3.63, 3.8) is 0 Å². The van der Waals surface area contributed by atoms with Crippen LogP contribution in [0.4, 0.5) is 0 Å². The van der Waals surface area contributed by atoms with Gasteiger partial charge >= 0.3 is 11.9 Å². The molecule has 12 heteroatoms. The van der Waals surface area contributed by atoms with Gasteiger partial charge in [-0.2, -0.15) is 0 Å². The maximum atomic E-state index is 10.0. The molecule has 0 amide bonds. The second-order valence-electron chi connectivity index (χ2n) is 17.4. The number of nitrogens with zero attached hydrogens (tertiary/aromatic N) is 2. The van der Waals surface area contributed by atoms with E-state index < -0.39 is 24.1 Å². The van der Waals surface area contributed by atoms with Crippen LogP contribution < -0.4 is 0 Å². The van der Waals surface area contributed by atoms with Gasteiger partial charge in [-0.25, -0.2) is 9.59 Å². The number of piperidine rings is 2. The van der Waals surface area contributed by atoms with Gasteiger partial charge in [0.05, 0.1) is 13.2 Å². The first-order chi connectivity index (χ1) is 26.0. The monoisotopic (exact) mass is 748 g/mol. The normalized spacial score (nSPS) is 33.4. The number of carboxylic acids is 2. The number of carbonyl (C=O) groups is 2. The Morgan fingerprint density at radius 1 is 0.667 bits per heavy atom. The van der Waals surface area contributed by atoms with Crippen LogP contribution in [0.3, 0.4) is 0 Å². The summed E-state index contributed by atoms with van der Waals surface area (Å²) < 4.78 is 11.9. The Kier molecular flexibility index (Phi) is 10.5. The molecule has 54 heavy (non-hydrogen) atoms. The third-order valence-electron chi connectivity index (χ3n) is 14.1. The van der Waals surface area contributed by atoms with E-state index in [0.717, 1.165) is 51.1 Å². The summed E-state index contributed by atoms with van der Waals surface area (Å²) in [5.74, 6) is 0.644. The minimum atomic E-state index is -2.27. The van der Waals surface area contributed by atoms with Crippen LogP contribution in [-0.4, -0.2) is 129 Å². The predicted molar refractivity (Wildman–Crippen MR) is 198 cm³/mol. The van der Waals surface area contributed by atoms with Crippen LogP contribution in [0.5, 0.6) is 11.5 Å². The molecule has 10 rings (SSSR count). The van der Waals surface area contributed by atoms with E-state index in [1.54, 1.807) is 0 Å². The number of rotatable bonds is 7. The van der Waals surface area contributed by atoms with Crippen molar-refractivity contribution in [1.82, 2.24) is 9.80 Å². The van der Waals surface area contributed by atoms with Crippen molar-refractivity contribution >= 4 is 11.9 Å². The van der Waals surface area contributed by atoms with E-state index in [-0.39, 0.29) is 10.8 Å². The Morgan fingerprint density at radius 3 is 1.44 bits per heavy atom. The Balaban J connectivity index is 0.000000124. The minimum Gasteiger partial charge on any atom is -0.508 e. The van der Waals surface area contributed by atoms with E-state index in [1.807, 2.05) is 24.3 Å². The van der Waals surface area contributed by atoms with Gasteiger partial charge in [0.15, 0.2) is 12.2 Å². The average molecular weight is 749 g/mol. The first kappa shape index (κ1) is 37.7. The molecule has 0 spiro atoms. The lowest BCUT2D eigenvalue weighted by Gasteiger charge is -2.58. The SMILES string of the molecule is O=C(O)[C@H](O)[C@@H](O)C(=O)O.Oc1ccc2c(c1)[C@]13CCN(CC4CC4)[C@H](C2)[C@@H]1CCOC3.Oc1ccc2c(c1)[C@]13CCN(CC4CC4)[C@H](C2)[C@@H]1CCOC3. The van der Waals surface area contributed by atoms with Gasteiger partial charge in [-0.1, -0.05) is 12.1 Å². The maximum absolute atomic E-state index is 10.0. The number of ether oxygens (including phenoxy) is 2. The van der Waals surface area contributed by atoms with Gasteiger partial charge in [0, 0.05) is 49.2 Å². The van der Waals surface area contributed by atoms with Crippen molar-refractivity contribution in [3.05, 3.63) is 58.7 Å². The van der Waals surface area contributed by atoms with Crippen molar-refractivity contribution in [2.75, 3.05) is 52.6 Å². The minimum absolute atomic E-state index is 0.162. The lowest BCUT2D eigenvalue weighted by molar-refractivity contribution is -0.165. The molecule has 0 unspecified atom stereocenters. The number of aliphatic hydroxyl groups is 2. The summed E-state index contributed by atoms with van der Waals surface area (Å²) >= 11 is 0. The number of aliphatic carboxylic acids is 2. The highest BCUT2D eigenvalue weighted by molar-refractivity contribution is 5.83. The lowest BCUT2D eigenvalue weighted by atomic mass is 9.56. The molecule has 4 bridgehead atoms. The third kappa shape index (κ3) is 7.14. The molecule has 4 aliphatic heterocycles. The highest BCUT2D eigenvalue weighted by atomic mass is 16.5. The van der Waals surface area contributed by atoms with Crippen molar-refractivity contribution in [2.24, 2.45) is 23.7 Å². The van der Waals surface area contributed by atoms with Crippen LogP contribution >= 0.6 is 0 Å². The van der Waals surface area contributed by atoms with E-state index in [2.05, 4.69) is 21.9 Å². The molecule has 4 saturated heterocycles. The molecule has 294 valence electrons. The summed E-state index contributed by atoms with van der Waals surface area (Å²) in [6.45, 7) is 8.55. The van der Waals surface area contributed by atoms with Gasteiger partial charge in [0.2, 0.25) is 0 Å². The highest BCUT2D eigenvalue weighted by Crippen LogP contribution is 2.55. The number of hydrogen-bond donors (Lipinski definition) is 6. The first-order valence-corrected chi connectivity index (χ1v) is 20.1. The van der Waals surface area contributed by atoms with Crippen molar-refractivity contribution in [2.45, 2.75) is 99.3 Å². The quantitative estimate of drug-likeness (QED) is 0.244. The van der Waals surface area contributed by atoms with Crippen LogP contribution in [-0.2, 0) is 42.7 Å². The zero-order chi connectivity index (χ0) is 37.8. The van der Waals surface area contributed by atoms with Gasteiger partial charge in [-0.15, -0.1) is 0 Å². The topological polar surface area (TPSA) is 180 Å². The van der Waals surface area contributed by atoms with Gasteiger partial charge in [-0.3, -0.25) is 9.80 Å². The molecule has 8 atom stereocenters. The zero-order valence-corrected chi connectivity index (χ0v) is 31.0. The maximum Gasteiger partial charge on any atom is 0.335 e. The van der Waals surface area contributed by atoms with E-state index in [1.165, 1.54) is 99.8 Å². The highest BCUT2D eigenvalue weighted by Gasteiger charge is 2.56. The number of aliphatic hydroxyl groups excluding tert-OH is 2. The average Bonchev–Trinajstić information content (AvgIpc) is 4.12. The Hall–Kier alpha value is -3.26. The number of aromatic hydroxyl groups is 2. The number of phenolic OH excluding ortho intramolecular Hbond substituents is 2. The Morgan fingerprint density at radius 2 is 1.07 bits per heavy atom. The summed E-state index contributed by atoms with van der Waals surface area (Å²) in [7, 11) is 0. The van der Waals surface area contributed by atoms with Crippen LogP contribution in [0.15, 0.2) is 36.4 Å². The van der Waals surface area contributed by atoms with Crippen molar-refractivity contribution in [3.8, 4) is 11.5 Å². The van der Waals surface area contributed by atoms with E-state index in [9.17, 15) is 19.8 Å². The van der Waals surface area contributed by atoms with Crippen molar-refractivity contribution < 1.29 is 49.7 Å². The molecule has 12 nitrogen and oxygen atoms in total. The van der Waals surface area contributed by atoms with Crippen LogP contribution in [0.25, 0.3) is 0 Å². The zero-order valence-electron chi connectivity index (χ0n) is 31.0. The predicted octanol–water partition coefficient (Wildman–Crippen LogP) is 3.29. The van der Waals surface area contributed by atoms with Gasteiger partial charge in [-0.05, 0) is 147 Å². The van der Waals surface area contributed by atoms with E-state index >= 15 is 0 Å². The second-order valence-corrected chi connectivity index (χ2v) is 17.4. The molecule has 0 aromatic heterocycles. The van der Waals surface area contributed by atoms with Crippen LogP contribution in [0, 0.1) is 23.7 Å². The Bertz CT molecular complexity index is 1590. The number of phenols is 2. The number of fused-ring (bicyclic) bond motifs is 2. The fourth-order valence-corrected chi connectivity index (χ4v) is 11.1. The molecule has 6 N–H and O–H groups in total. The van der Waals surface area contributed by atoms with Gasteiger partial charge < -0.3 is 40.1 Å². The van der Waals surface area contributed by atoms with Gasteiger partial charge in [0.25, 0.3) is 0 Å². The largest absolute Gasteiger partial charge is 0.508 e.